The van der Waals surface area contributed by atoms with Crippen molar-refractivity contribution in [1.29, 1.82) is 0 Å². The number of hydrogen-bond donors (Lipinski definition) is 0. The second-order valence-corrected chi connectivity index (χ2v) is 6.16. The number of rotatable bonds is 1. The van der Waals surface area contributed by atoms with Gasteiger partial charge in [0.15, 0.2) is 11.2 Å². The molecule has 0 aliphatic carbocycles. The summed E-state index contributed by atoms with van der Waals surface area (Å²) in [6, 6.07) is 14.4. The van der Waals surface area contributed by atoms with Gasteiger partial charge in [-0.1, -0.05) is 29.8 Å². The molecule has 0 radical (unpaired) electrons. The fourth-order valence-electron chi connectivity index (χ4n) is 3.28. The maximum atomic E-state index is 12.9. The first kappa shape index (κ1) is 14.7. The third-order valence-corrected chi connectivity index (χ3v) is 4.44. The molecule has 2 heterocycles. The topological polar surface area (TPSA) is 50.5 Å². The fraction of sp³-hybridized carbons (Fsp3) is 0.200. The molecule has 24 heavy (non-hydrogen) atoms. The average Bonchev–Trinajstić information content (AvgIpc) is 2.60. The molecule has 1 aliphatic heterocycles. The van der Waals surface area contributed by atoms with Crippen molar-refractivity contribution in [2.24, 2.45) is 0 Å². The molecule has 0 fully saturated rings. The molecule has 4 heteroatoms. The first-order valence-corrected chi connectivity index (χ1v) is 8.08. The summed E-state index contributed by atoms with van der Waals surface area (Å²) >= 11 is 0. The van der Waals surface area contributed by atoms with Gasteiger partial charge in [0.05, 0.1) is 5.39 Å². The highest BCUT2D eigenvalue weighted by atomic mass is 16.3. The summed E-state index contributed by atoms with van der Waals surface area (Å²) in [6.07, 6.45) is 1.86. The zero-order valence-corrected chi connectivity index (χ0v) is 13.4. The van der Waals surface area contributed by atoms with Crippen LogP contribution >= 0.6 is 0 Å². The Morgan fingerprint density at radius 3 is 2.83 bits per heavy atom. The van der Waals surface area contributed by atoms with Crippen molar-refractivity contribution in [3.05, 3.63) is 75.6 Å². The second kappa shape index (κ2) is 5.64. The number of fused-ring (bicyclic) bond motifs is 2. The van der Waals surface area contributed by atoms with Crippen LogP contribution in [0.1, 0.15) is 28.1 Å². The molecule has 0 N–H and O–H groups in total. The zero-order valence-electron chi connectivity index (χ0n) is 13.4. The van der Waals surface area contributed by atoms with Crippen molar-refractivity contribution in [2.45, 2.75) is 19.8 Å². The molecule has 1 aliphatic rings. The smallest absolute Gasteiger partial charge is 0.294 e. The fourth-order valence-corrected chi connectivity index (χ4v) is 3.28. The summed E-state index contributed by atoms with van der Waals surface area (Å²) < 4.78 is 5.71. The normalized spacial score (nSPS) is 13.8. The van der Waals surface area contributed by atoms with Crippen LogP contribution in [-0.4, -0.2) is 12.5 Å². The molecule has 0 saturated heterocycles. The van der Waals surface area contributed by atoms with E-state index in [1.807, 2.05) is 19.1 Å². The Bertz CT molecular complexity index is 1000. The van der Waals surface area contributed by atoms with Crippen molar-refractivity contribution in [3.8, 4) is 0 Å². The number of aryl methyl sites for hydroxylation is 2. The second-order valence-electron chi connectivity index (χ2n) is 6.16. The third-order valence-electron chi connectivity index (χ3n) is 4.44. The van der Waals surface area contributed by atoms with Gasteiger partial charge < -0.3 is 9.32 Å². The SMILES string of the molecule is Cc1ccc2c(c1)CCCN2C(=O)c1cc(=O)c2ccccc2o1. The van der Waals surface area contributed by atoms with Crippen molar-refractivity contribution in [2.75, 3.05) is 11.4 Å². The minimum Gasteiger partial charge on any atom is -0.451 e. The van der Waals surface area contributed by atoms with Crippen LogP contribution < -0.4 is 10.3 Å². The quantitative estimate of drug-likeness (QED) is 0.687. The standard InChI is InChI=1S/C20H17NO3/c1-13-8-9-16-14(11-13)5-4-10-21(16)20(23)19-12-17(22)15-6-2-3-7-18(15)24-19/h2-3,6-9,11-12H,4-5,10H2,1H3. The van der Waals surface area contributed by atoms with Gasteiger partial charge in [0, 0.05) is 18.3 Å². The number of carbonyl (C=O) groups is 1. The maximum Gasteiger partial charge on any atom is 0.294 e. The summed E-state index contributed by atoms with van der Waals surface area (Å²) in [6.45, 7) is 2.68. The molecule has 4 rings (SSSR count). The van der Waals surface area contributed by atoms with E-state index < -0.39 is 0 Å². The molecule has 120 valence electrons. The molecule has 0 unspecified atom stereocenters. The van der Waals surface area contributed by atoms with Crippen LogP contribution in [0.3, 0.4) is 0 Å². The molecule has 0 atom stereocenters. The summed E-state index contributed by atoms with van der Waals surface area (Å²) in [5, 5.41) is 0.490. The largest absolute Gasteiger partial charge is 0.451 e. The number of nitrogens with zero attached hydrogens (tertiary/aromatic N) is 1. The van der Waals surface area contributed by atoms with E-state index >= 15 is 0 Å². The summed E-state index contributed by atoms with van der Waals surface area (Å²) in [7, 11) is 0. The van der Waals surface area contributed by atoms with Crippen LogP contribution in [-0.2, 0) is 6.42 Å². The number of hydrogen-bond acceptors (Lipinski definition) is 3. The number of benzene rings is 2. The molecule has 3 aromatic rings. The number of para-hydroxylation sites is 1. The van der Waals surface area contributed by atoms with Gasteiger partial charge >= 0.3 is 0 Å². The van der Waals surface area contributed by atoms with E-state index in [1.54, 1.807) is 29.2 Å². The molecule has 1 aromatic heterocycles. The Morgan fingerprint density at radius 1 is 1.12 bits per heavy atom. The lowest BCUT2D eigenvalue weighted by molar-refractivity contribution is 0.0959. The van der Waals surface area contributed by atoms with Crippen molar-refractivity contribution in [1.82, 2.24) is 0 Å². The molecular formula is C20H17NO3. The van der Waals surface area contributed by atoms with Crippen molar-refractivity contribution < 1.29 is 9.21 Å². The van der Waals surface area contributed by atoms with Crippen LogP contribution in [0.2, 0.25) is 0 Å². The minimum absolute atomic E-state index is 0.0899. The first-order chi connectivity index (χ1) is 11.6. The van der Waals surface area contributed by atoms with Crippen LogP contribution in [0.15, 0.2) is 57.7 Å². The van der Waals surface area contributed by atoms with E-state index in [-0.39, 0.29) is 17.1 Å². The predicted molar refractivity (Wildman–Crippen MR) is 93.7 cm³/mol. The lowest BCUT2D eigenvalue weighted by atomic mass is 9.99. The minimum atomic E-state index is -0.261. The molecule has 0 saturated carbocycles. The number of amides is 1. The monoisotopic (exact) mass is 319 g/mol. The van der Waals surface area contributed by atoms with Gasteiger partial charge in [-0.2, -0.15) is 0 Å². The van der Waals surface area contributed by atoms with E-state index in [0.29, 0.717) is 17.5 Å². The Balaban J connectivity index is 1.79. The Kier molecular flexibility index (Phi) is 3.45. The van der Waals surface area contributed by atoms with Crippen molar-refractivity contribution >= 4 is 22.6 Å². The van der Waals surface area contributed by atoms with E-state index in [0.717, 1.165) is 24.1 Å². The molecular weight excluding hydrogens is 302 g/mol. The van der Waals surface area contributed by atoms with Gasteiger partial charge in [0.2, 0.25) is 0 Å². The maximum absolute atomic E-state index is 12.9. The molecule has 0 bridgehead atoms. The zero-order chi connectivity index (χ0) is 16.7. The van der Waals surface area contributed by atoms with Crippen molar-refractivity contribution in [3.63, 3.8) is 0 Å². The van der Waals surface area contributed by atoms with Gasteiger partial charge in [-0.25, -0.2) is 0 Å². The predicted octanol–water partition coefficient (Wildman–Crippen LogP) is 3.69. The van der Waals surface area contributed by atoms with E-state index in [2.05, 4.69) is 6.07 Å². The van der Waals surface area contributed by atoms with E-state index in [4.69, 9.17) is 4.42 Å². The van der Waals surface area contributed by atoms with E-state index in [1.165, 1.54) is 11.6 Å². The number of carbonyl (C=O) groups excluding carboxylic acids is 1. The average molecular weight is 319 g/mol. The Morgan fingerprint density at radius 2 is 1.96 bits per heavy atom. The van der Waals surface area contributed by atoms with Gasteiger partial charge in [-0.3, -0.25) is 9.59 Å². The summed E-state index contributed by atoms with van der Waals surface area (Å²) in [4.78, 5) is 26.9. The highest BCUT2D eigenvalue weighted by molar-refractivity contribution is 6.05. The summed E-state index contributed by atoms with van der Waals surface area (Å²) in [5.41, 5.74) is 3.50. The van der Waals surface area contributed by atoms with Crippen LogP contribution in [0.4, 0.5) is 5.69 Å². The van der Waals surface area contributed by atoms with Gasteiger partial charge in [-0.15, -0.1) is 0 Å². The van der Waals surface area contributed by atoms with Gasteiger partial charge in [0.1, 0.15) is 5.58 Å². The molecule has 2 aromatic carbocycles. The molecule has 4 nitrogen and oxygen atoms in total. The Labute approximate surface area is 139 Å². The highest BCUT2D eigenvalue weighted by Crippen LogP contribution is 2.29. The third kappa shape index (κ3) is 2.40. The lowest BCUT2D eigenvalue weighted by Gasteiger charge is -2.29. The van der Waals surface area contributed by atoms with Crippen LogP contribution in [0.5, 0.6) is 0 Å². The van der Waals surface area contributed by atoms with Gasteiger partial charge in [-0.05, 0) is 43.5 Å². The van der Waals surface area contributed by atoms with Crippen LogP contribution in [0.25, 0.3) is 11.0 Å². The molecule has 1 amide bonds. The van der Waals surface area contributed by atoms with Crippen LogP contribution in [0, 0.1) is 6.92 Å². The number of anilines is 1. The Hall–Kier alpha value is -2.88. The highest BCUT2D eigenvalue weighted by Gasteiger charge is 2.25. The molecule has 0 spiro atoms. The van der Waals surface area contributed by atoms with E-state index in [9.17, 15) is 9.59 Å². The van der Waals surface area contributed by atoms with Gasteiger partial charge in [0.25, 0.3) is 5.91 Å². The summed E-state index contributed by atoms with van der Waals surface area (Å²) in [5.74, 6) is -0.171. The first-order valence-electron chi connectivity index (χ1n) is 8.08. The lowest BCUT2D eigenvalue weighted by Crippen LogP contribution is -2.35.